The fraction of sp³-hybridized carbons (Fsp3) is 0.625. The first-order valence-corrected chi connectivity index (χ1v) is 7.02. The summed E-state index contributed by atoms with van der Waals surface area (Å²) in [4.78, 5) is 0. The highest BCUT2D eigenvalue weighted by Crippen LogP contribution is 2.39. The lowest BCUT2D eigenvalue weighted by molar-refractivity contribution is -0.0846. The molecule has 2 N–H and O–H groups in total. The Morgan fingerprint density at radius 1 is 1.35 bits per heavy atom. The van der Waals surface area contributed by atoms with Crippen LogP contribution in [0, 0.1) is 5.82 Å². The van der Waals surface area contributed by atoms with E-state index in [2.05, 4.69) is 0 Å². The Kier molecular flexibility index (Phi) is 3.82. The highest BCUT2D eigenvalue weighted by molar-refractivity contribution is 5.31. The van der Waals surface area contributed by atoms with Gasteiger partial charge < -0.3 is 15.2 Å². The van der Waals surface area contributed by atoms with Gasteiger partial charge in [-0.2, -0.15) is 0 Å². The van der Waals surface area contributed by atoms with Gasteiger partial charge in [0.25, 0.3) is 0 Å². The lowest BCUT2D eigenvalue weighted by Gasteiger charge is -2.27. The van der Waals surface area contributed by atoms with Gasteiger partial charge in [-0.25, -0.2) is 4.39 Å². The summed E-state index contributed by atoms with van der Waals surface area (Å²) in [6.07, 6.45) is 0.675. The number of benzene rings is 1. The Balaban J connectivity index is 2.17. The second kappa shape index (κ2) is 5.01. The van der Waals surface area contributed by atoms with Gasteiger partial charge in [0.1, 0.15) is 23.3 Å². The molecule has 3 nitrogen and oxygen atoms in total. The SMILES string of the molecule is C[C@H](N)c1ccc(OC2CC(C)(C)OC2(C)C)cc1F. The Morgan fingerprint density at radius 2 is 2.00 bits per heavy atom. The Labute approximate surface area is 120 Å². The van der Waals surface area contributed by atoms with Crippen molar-refractivity contribution in [2.24, 2.45) is 5.73 Å². The van der Waals surface area contributed by atoms with Crippen molar-refractivity contribution in [1.82, 2.24) is 0 Å². The van der Waals surface area contributed by atoms with E-state index in [1.807, 2.05) is 27.7 Å². The topological polar surface area (TPSA) is 44.5 Å². The lowest BCUT2D eigenvalue weighted by Crippen LogP contribution is -2.36. The number of nitrogens with two attached hydrogens (primary N) is 1. The second-order valence-electron chi connectivity index (χ2n) is 6.75. The molecule has 0 amide bonds. The molecule has 20 heavy (non-hydrogen) atoms. The van der Waals surface area contributed by atoms with Gasteiger partial charge in [0, 0.05) is 24.1 Å². The zero-order valence-electron chi connectivity index (χ0n) is 12.9. The Hall–Kier alpha value is -1.13. The number of hydrogen-bond acceptors (Lipinski definition) is 3. The average Bonchev–Trinajstić information content (AvgIpc) is 2.45. The summed E-state index contributed by atoms with van der Waals surface area (Å²) in [5.41, 5.74) is 5.59. The molecule has 0 radical (unpaired) electrons. The Bertz CT molecular complexity index is 497. The molecule has 0 aromatic heterocycles. The van der Waals surface area contributed by atoms with Gasteiger partial charge in [0.15, 0.2) is 0 Å². The third kappa shape index (κ3) is 3.13. The first-order valence-electron chi connectivity index (χ1n) is 7.02. The summed E-state index contributed by atoms with van der Waals surface area (Å²) in [6, 6.07) is 4.53. The maximum atomic E-state index is 13.9. The first-order chi connectivity index (χ1) is 9.11. The van der Waals surface area contributed by atoms with Gasteiger partial charge in [-0.3, -0.25) is 0 Å². The van der Waals surface area contributed by atoms with Crippen LogP contribution < -0.4 is 10.5 Å². The van der Waals surface area contributed by atoms with Gasteiger partial charge in [0.2, 0.25) is 0 Å². The number of hydrogen-bond donors (Lipinski definition) is 1. The molecule has 0 spiro atoms. The molecular formula is C16H24FNO2. The predicted molar refractivity (Wildman–Crippen MR) is 77.3 cm³/mol. The molecule has 1 aromatic carbocycles. The summed E-state index contributed by atoms with van der Waals surface area (Å²) in [6.45, 7) is 9.84. The minimum Gasteiger partial charge on any atom is -0.487 e. The summed E-state index contributed by atoms with van der Waals surface area (Å²) >= 11 is 0. The van der Waals surface area contributed by atoms with E-state index in [1.54, 1.807) is 19.1 Å². The van der Waals surface area contributed by atoms with Crippen molar-refractivity contribution in [3.8, 4) is 5.75 Å². The molecule has 1 saturated heterocycles. The van der Waals surface area contributed by atoms with Crippen molar-refractivity contribution >= 4 is 0 Å². The maximum Gasteiger partial charge on any atom is 0.131 e. The molecule has 2 atom stereocenters. The van der Waals surface area contributed by atoms with Crippen LogP contribution in [-0.4, -0.2) is 17.3 Å². The van der Waals surface area contributed by atoms with Crippen LogP contribution >= 0.6 is 0 Å². The van der Waals surface area contributed by atoms with E-state index in [0.717, 1.165) is 6.42 Å². The average molecular weight is 281 g/mol. The van der Waals surface area contributed by atoms with Gasteiger partial charge in [-0.1, -0.05) is 6.07 Å². The zero-order valence-corrected chi connectivity index (χ0v) is 12.9. The molecule has 2 rings (SSSR count). The maximum absolute atomic E-state index is 13.9. The van der Waals surface area contributed by atoms with Crippen LogP contribution in [0.5, 0.6) is 5.75 Å². The molecule has 0 aliphatic carbocycles. The quantitative estimate of drug-likeness (QED) is 0.921. The predicted octanol–water partition coefficient (Wildman–Crippen LogP) is 3.57. The highest BCUT2D eigenvalue weighted by atomic mass is 19.1. The van der Waals surface area contributed by atoms with Crippen LogP contribution in [-0.2, 0) is 4.74 Å². The van der Waals surface area contributed by atoms with E-state index in [9.17, 15) is 4.39 Å². The molecule has 112 valence electrons. The molecule has 1 aliphatic heterocycles. The highest BCUT2D eigenvalue weighted by Gasteiger charge is 2.47. The standard InChI is InChI=1S/C16H24FNO2/c1-10(18)12-7-6-11(8-13(12)17)19-14-9-15(2,3)20-16(14,4)5/h6-8,10,14H,9,18H2,1-5H3/t10-,14?/m0/s1. The van der Waals surface area contributed by atoms with Crippen molar-refractivity contribution in [1.29, 1.82) is 0 Å². The molecule has 4 heteroatoms. The van der Waals surface area contributed by atoms with E-state index in [4.69, 9.17) is 15.2 Å². The first kappa shape index (κ1) is 15.3. The fourth-order valence-corrected chi connectivity index (χ4v) is 2.81. The van der Waals surface area contributed by atoms with Crippen LogP contribution in [0.2, 0.25) is 0 Å². The van der Waals surface area contributed by atoms with Gasteiger partial charge in [-0.15, -0.1) is 0 Å². The lowest BCUT2D eigenvalue weighted by atomic mass is 9.97. The minimum atomic E-state index is -0.389. The van der Waals surface area contributed by atoms with Crippen LogP contribution in [0.3, 0.4) is 0 Å². The van der Waals surface area contributed by atoms with E-state index < -0.39 is 0 Å². The van der Waals surface area contributed by atoms with Gasteiger partial charge >= 0.3 is 0 Å². The smallest absolute Gasteiger partial charge is 0.131 e. The normalized spacial score (nSPS) is 25.4. The molecule has 1 aliphatic rings. The van der Waals surface area contributed by atoms with Crippen molar-refractivity contribution in [2.45, 2.75) is 64.4 Å². The largest absolute Gasteiger partial charge is 0.487 e. The molecule has 1 unspecified atom stereocenters. The van der Waals surface area contributed by atoms with Gasteiger partial charge in [-0.05, 0) is 40.7 Å². The van der Waals surface area contributed by atoms with Gasteiger partial charge in [0.05, 0.1) is 5.60 Å². The third-order valence-electron chi connectivity index (χ3n) is 3.73. The van der Waals surface area contributed by atoms with Crippen LogP contribution in [0.15, 0.2) is 18.2 Å². The molecule has 1 aromatic rings. The molecule has 0 saturated carbocycles. The summed E-state index contributed by atoms with van der Waals surface area (Å²) in [5.74, 6) is 0.194. The van der Waals surface area contributed by atoms with E-state index in [0.29, 0.717) is 11.3 Å². The minimum absolute atomic E-state index is 0.0990. The summed E-state index contributed by atoms with van der Waals surface area (Å²) < 4.78 is 25.8. The van der Waals surface area contributed by atoms with Crippen molar-refractivity contribution in [3.05, 3.63) is 29.6 Å². The third-order valence-corrected chi connectivity index (χ3v) is 3.73. The Morgan fingerprint density at radius 3 is 2.45 bits per heavy atom. The van der Waals surface area contributed by atoms with E-state index in [1.165, 1.54) is 6.07 Å². The van der Waals surface area contributed by atoms with Crippen molar-refractivity contribution in [2.75, 3.05) is 0 Å². The van der Waals surface area contributed by atoms with Crippen molar-refractivity contribution in [3.63, 3.8) is 0 Å². The van der Waals surface area contributed by atoms with Crippen LogP contribution in [0.4, 0.5) is 4.39 Å². The van der Waals surface area contributed by atoms with E-state index >= 15 is 0 Å². The zero-order chi connectivity index (χ0) is 15.1. The van der Waals surface area contributed by atoms with E-state index in [-0.39, 0.29) is 29.2 Å². The number of halogens is 1. The monoisotopic (exact) mass is 281 g/mol. The molecule has 1 heterocycles. The molecular weight excluding hydrogens is 257 g/mol. The molecule has 1 fully saturated rings. The van der Waals surface area contributed by atoms with Crippen LogP contribution in [0.25, 0.3) is 0 Å². The number of ether oxygens (including phenoxy) is 2. The second-order valence-corrected chi connectivity index (χ2v) is 6.75. The number of rotatable bonds is 3. The summed E-state index contributed by atoms with van der Waals surface area (Å²) in [7, 11) is 0. The molecule has 0 bridgehead atoms. The van der Waals surface area contributed by atoms with Crippen LogP contribution in [0.1, 0.15) is 52.6 Å². The van der Waals surface area contributed by atoms with Crippen molar-refractivity contribution < 1.29 is 13.9 Å². The fourth-order valence-electron chi connectivity index (χ4n) is 2.81. The summed E-state index contributed by atoms with van der Waals surface area (Å²) in [5, 5.41) is 0.